The van der Waals surface area contributed by atoms with Gasteiger partial charge in [-0.25, -0.2) is 0 Å². The van der Waals surface area contributed by atoms with Crippen molar-refractivity contribution in [3.63, 3.8) is 0 Å². The number of hydrogen-bond donors (Lipinski definition) is 4. The highest BCUT2D eigenvalue weighted by molar-refractivity contribution is 6.01. The minimum Gasteiger partial charge on any atom is -0.496 e. The molecule has 1 aliphatic heterocycles. The zero-order valence-corrected chi connectivity index (χ0v) is 18.9. The topological polar surface area (TPSA) is 136 Å². The summed E-state index contributed by atoms with van der Waals surface area (Å²) in [5, 5.41) is 18.4. The van der Waals surface area contributed by atoms with Crippen LogP contribution in [0.25, 0.3) is 10.9 Å². The SMILES string of the molecule is C=CC1CNC(=O)C1/C=C(/C#N)NC(=O)C(CC1CC1)NC(=O)c1cc2c(OC)cccc2[nH]1. The highest BCUT2D eigenvalue weighted by Crippen LogP contribution is 2.34. The van der Waals surface area contributed by atoms with E-state index in [9.17, 15) is 19.6 Å². The van der Waals surface area contributed by atoms with Gasteiger partial charge in [-0.3, -0.25) is 14.4 Å². The van der Waals surface area contributed by atoms with Crippen molar-refractivity contribution >= 4 is 28.6 Å². The smallest absolute Gasteiger partial charge is 0.268 e. The van der Waals surface area contributed by atoms with Gasteiger partial charge < -0.3 is 25.7 Å². The standard InChI is InChI=1S/C25H27N5O4/c1-3-15-13-27-23(31)17(15)10-16(12-26)28-24(32)20(9-14-7-8-14)30-25(33)21-11-18-19(29-21)5-4-6-22(18)34-2/h3-6,10-11,14-15,17,20,29H,1,7-9,13H2,2H3,(H,27,31)(H,28,32)(H,30,33)/b16-10-. The lowest BCUT2D eigenvalue weighted by Gasteiger charge is -2.18. The molecule has 2 fully saturated rings. The molecular weight excluding hydrogens is 434 g/mol. The van der Waals surface area contributed by atoms with Gasteiger partial charge >= 0.3 is 0 Å². The number of aromatic nitrogens is 1. The van der Waals surface area contributed by atoms with E-state index in [0.29, 0.717) is 30.3 Å². The number of benzene rings is 1. The zero-order valence-electron chi connectivity index (χ0n) is 18.9. The fourth-order valence-corrected chi connectivity index (χ4v) is 4.18. The van der Waals surface area contributed by atoms with E-state index in [2.05, 4.69) is 27.5 Å². The summed E-state index contributed by atoms with van der Waals surface area (Å²) in [7, 11) is 1.56. The monoisotopic (exact) mass is 461 g/mol. The summed E-state index contributed by atoms with van der Waals surface area (Å²) >= 11 is 0. The number of nitriles is 1. The van der Waals surface area contributed by atoms with Gasteiger partial charge in [0.05, 0.1) is 13.0 Å². The number of amides is 3. The summed E-state index contributed by atoms with van der Waals surface area (Å²) in [6.07, 6.45) is 5.56. The second kappa shape index (κ2) is 9.83. The molecule has 1 saturated carbocycles. The molecule has 4 rings (SSSR count). The molecule has 4 N–H and O–H groups in total. The number of ether oxygens (including phenoxy) is 1. The molecule has 3 amide bonds. The number of H-pyrrole nitrogens is 1. The van der Waals surface area contributed by atoms with Crippen LogP contribution in [-0.2, 0) is 9.59 Å². The lowest BCUT2D eigenvalue weighted by atomic mass is 9.94. The molecule has 34 heavy (non-hydrogen) atoms. The normalized spacial score (nSPS) is 20.8. The minimum atomic E-state index is -0.822. The Morgan fingerprint density at radius 3 is 2.85 bits per heavy atom. The van der Waals surface area contributed by atoms with Crippen LogP contribution in [0.5, 0.6) is 5.75 Å². The van der Waals surface area contributed by atoms with Gasteiger partial charge in [-0.1, -0.05) is 25.0 Å². The fourth-order valence-electron chi connectivity index (χ4n) is 4.18. The van der Waals surface area contributed by atoms with Crippen molar-refractivity contribution in [2.75, 3.05) is 13.7 Å². The van der Waals surface area contributed by atoms with Gasteiger partial charge in [0, 0.05) is 23.4 Å². The van der Waals surface area contributed by atoms with Gasteiger partial charge in [0.1, 0.15) is 29.3 Å². The molecule has 2 heterocycles. The van der Waals surface area contributed by atoms with Crippen molar-refractivity contribution in [3.05, 3.63) is 54.4 Å². The summed E-state index contributed by atoms with van der Waals surface area (Å²) in [5.41, 5.74) is 1.03. The van der Waals surface area contributed by atoms with Crippen LogP contribution < -0.4 is 20.7 Å². The first-order chi connectivity index (χ1) is 16.4. The number of carbonyl (C=O) groups is 3. The van der Waals surface area contributed by atoms with Crippen molar-refractivity contribution in [1.29, 1.82) is 5.26 Å². The molecule has 3 atom stereocenters. The molecular formula is C25H27N5O4. The third kappa shape index (κ3) is 4.96. The quantitative estimate of drug-likeness (QED) is 0.335. The Balaban J connectivity index is 1.50. The Labute approximate surface area is 197 Å². The number of carbonyl (C=O) groups excluding carboxylic acids is 3. The highest BCUT2D eigenvalue weighted by Gasteiger charge is 2.33. The Morgan fingerprint density at radius 1 is 1.38 bits per heavy atom. The second-order valence-electron chi connectivity index (χ2n) is 8.66. The summed E-state index contributed by atoms with van der Waals surface area (Å²) in [5.74, 6) is -0.890. The van der Waals surface area contributed by atoms with Gasteiger partial charge in [-0.05, 0) is 36.6 Å². The van der Waals surface area contributed by atoms with Crippen molar-refractivity contribution < 1.29 is 19.1 Å². The molecule has 176 valence electrons. The molecule has 0 radical (unpaired) electrons. The Morgan fingerprint density at radius 2 is 2.18 bits per heavy atom. The van der Waals surface area contributed by atoms with Crippen LogP contribution in [0.3, 0.4) is 0 Å². The van der Waals surface area contributed by atoms with E-state index in [1.165, 1.54) is 6.08 Å². The second-order valence-corrected chi connectivity index (χ2v) is 8.66. The number of fused-ring (bicyclic) bond motifs is 1. The van der Waals surface area contributed by atoms with Gasteiger partial charge in [0.25, 0.3) is 5.91 Å². The van der Waals surface area contributed by atoms with Crippen molar-refractivity contribution in [2.24, 2.45) is 17.8 Å². The average molecular weight is 462 g/mol. The molecule has 9 nitrogen and oxygen atoms in total. The summed E-state index contributed by atoms with van der Waals surface area (Å²) in [6, 6.07) is 8.27. The number of methoxy groups -OCH3 is 1. The lowest BCUT2D eigenvalue weighted by Crippen LogP contribution is -2.46. The summed E-state index contributed by atoms with van der Waals surface area (Å²) < 4.78 is 5.35. The molecule has 1 aromatic heterocycles. The number of nitrogens with zero attached hydrogens (tertiary/aromatic N) is 1. The molecule has 0 bridgehead atoms. The highest BCUT2D eigenvalue weighted by atomic mass is 16.5. The minimum absolute atomic E-state index is 0.0238. The molecule has 9 heteroatoms. The maximum atomic E-state index is 13.1. The van der Waals surface area contributed by atoms with Crippen LogP contribution in [-0.4, -0.2) is 42.4 Å². The predicted octanol–water partition coefficient (Wildman–Crippen LogP) is 2.15. The third-order valence-corrected chi connectivity index (χ3v) is 6.28. The van der Waals surface area contributed by atoms with Gasteiger partial charge in [0.15, 0.2) is 0 Å². The Bertz CT molecular complexity index is 1200. The van der Waals surface area contributed by atoms with Gasteiger partial charge in [-0.15, -0.1) is 6.58 Å². The predicted molar refractivity (Wildman–Crippen MR) is 125 cm³/mol. The molecule has 1 saturated heterocycles. The number of nitrogens with one attached hydrogen (secondary N) is 4. The van der Waals surface area contributed by atoms with Crippen LogP contribution in [0.4, 0.5) is 0 Å². The van der Waals surface area contributed by atoms with Gasteiger partial charge in [-0.2, -0.15) is 5.26 Å². The van der Waals surface area contributed by atoms with E-state index >= 15 is 0 Å². The first kappa shape index (κ1) is 23.1. The van der Waals surface area contributed by atoms with E-state index < -0.39 is 23.8 Å². The Kier molecular flexibility index (Phi) is 6.68. The number of hydrogen-bond acceptors (Lipinski definition) is 5. The molecule has 1 aromatic carbocycles. The lowest BCUT2D eigenvalue weighted by molar-refractivity contribution is -0.123. The van der Waals surface area contributed by atoms with Crippen molar-refractivity contribution in [3.8, 4) is 11.8 Å². The number of rotatable bonds is 9. The van der Waals surface area contributed by atoms with Crippen molar-refractivity contribution in [2.45, 2.75) is 25.3 Å². The van der Waals surface area contributed by atoms with Crippen LogP contribution in [0.2, 0.25) is 0 Å². The molecule has 0 spiro atoms. The van der Waals surface area contributed by atoms with Crippen molar-refractivity contribution in [1.82, 2.24) is 20.9 Å². The number of aromatic amines is 1. The van der Waals surface area contributed by atoms with Crippen LogP contribution in [0.15, 0.2) is 48.7 Å². The molecule has 1 aliphatic carbocycles. The van der Waals surface area contributed by atoms with E-state index in [1.807, 2.05) is 18.2 Å². The maximum Gasteiger partial charge on any atom is 0.268 e. The first-order valence-corrected chi connectivity index (χ1v) is 11.2. The van der Waals surface area contributed by atoms with Gasteiger partial charge in [0.2, 0.25) is 11.8 Å². The maximum absolute atomic E-state index is 13.1. The van der Waals surface area contributed by atoms with E-state index in [0.717, 1.165) is 23.7 Å². The first-order valence-electron chi connectivity index (χ1n) is 11.2. The molecule has 3 unspecified atom stereocenters. The molecule has 2 aliphatic rings. The zero-order chi connectivity index (χ0) is 24.2. The average Bonchev–Trinajstić information content (AvgIpc) is 3.43. The fraction of sp³-hybridized carbons (Fsp3) is 0.360. The number of allylic oxidation sites excluding steroid dienone is 1. The molecule has 2 aromatic rings. The summed E-state index contributed by atoms with van der Waals surface area (Å²) in [4.78, 5) is 41.2. The van der Waals surface area contributed by atoms with E-state index in [1.54, 1.807) is 25.3 Å². The van der Waals surface area contributed by atoms with E-state index in [4.69, 9.17) is 4.74 Å². The van der Waals surface area contributed by atoms with E-state index in [-0.39, 0.29) is 17.5 Å². The van der Waals surface area contributed by atoms with Crippen LogP contribution in [0.1, 0.15) is 29.8 Å². The van der Waals surface area contributed by atoms with Crippen LogP contribution in [0, 0.1) is 29.1 Å². The Hall–Kier alpha value is -4.06. The van der Waals surface area contributed by atoms with Crippen LogP contribution >= 0.6 is 0 Å². The summed E-state index contributed by atoms with van der Waals surface area (Å²) in [6.45, 7) is 4.16. The largest absolute Gasteiger partial charge is 0.496 e. The third-order valence-electron chi connectivity index (χ3n) is 6.28.